The molecule has 5 nitrogen and oxygen atoms in total. The average molecular weight is 194 g/mol. The average Bonchev–Trinajstić information content (AvgIpc) is 2.88. The minimum atomic E-state index is -0.0962. The fourth-order valence-electron chi connectivity index (χ4n) is 1.49. The number of H-pyrrole nitrogens is 1. The van der Waals surface area contributed by atoms with E-state index in [0.29, 0.717) is 18.0 Å². The molecule has 1 aliphatic rings. The van der Waals surface area contributed by atoms with Crippen molar-refractivity contribution in [3.8, 4) is 0 Å². The molecule has 1 fully saturated rings. The highest BCUT2D eigenvalue weighted by Gasteiger charge is 2.31. The summed E-state index contributed by atoms with van der Waals surface area (Å²) in [5, 5.41) is 9.23. The molecule has 14 heavy (non-hydrogen) atoms. The Kier molecular flexibility index (Phi) is 2.49. The fraction of sp³-hybridized carbons (Fsp3) is 0.556. The summed E-state index contributed by atoms with van der Waals surface area (Å²) in [7, 11) is 0. The first-order valence-electron chi connectivity index (χ1n) is 4.81. The molecular weight excluding hydrogens is 180 g/mol. The molecule has 0 spiro atoms. The van der Waals surface area contributed by atoms with Crippen molar-refractivity contribution in [1.82, 2.24) is 15.5 Å². The molecule has 1 aromatic rings. The van der Waals surface area contributed by atoms with E-state index in [2.05, 4.69) is 15.5 Å². The Morgan fingerprint density at radius 3 is 3.07 bits per heavy atom. The van der Waals surface area contributed by atoms with Crippen molar-refractivity contribution >= 4 is 5.91 Å². The third-order valence-corrected chi connectivity index (χ3v) is 2.52. The third kappa shape index (κ3) is 1.93. The lowest BCUT2D eigenvalue weighted by Gasteiger charge is -2.14. The van der Waals surface area contributed by atoms with E-state index in [1.54, 1.807) is 6.20 Å². The first-order valence-corrected chi connectivity index (χ1v) is 4.81. The van der Waals surface area contributed by atoms with Crippen molar-refractivity contribution in [3.05, 3.63) is 18.0 Å². The summed E-state index contributed by atoms with van der Waals surface area (Å²) < 4.78 is 0. The smallest absolute Gasteiger partial charge is 0.254 e. The van der Waals surface area contributed by atoms with E-state index >= 15 is 0 Å². The van der Waals surface area contributed by atoms with Crippen LogP contribution in [0.15, 0.2) is 12.4 Å². The van der Waals surface area contributed by atoms with E-state index in [0.717, 1.165) is 0 Å². The van der Waals surface area contributed by atoms with Crippen molar-refractivity contribution in [2.24, 2.45) is 11.7 Å². The summed E-state index contributed by atoms with van der Waals surface area (Å²) in [4.78, 5) is 11.6. The predicted molar refractivity (Wildman–Crippen MR) is 51.6 cm³/mol. The number of rotatable bonds is 4. The van der Waals surface area contributed by atoms with Crippen molar-refractivity contribution < 1.29 is 4.79 Å². The third-order valence-electron chi connectivity index (χ3n) is 2.52. The molecule has 1 aromatic heterocycles. The van der Waals surface area contributed by atoms with Gasteiger partial charge in [0.15, 0.2) is 0 Å². The van der Waals surface area contributed by atoms with E-state index in [1.165, 1.54) is 19.0 Å². The molecule has 0 radical (unpaired) electrons. The number of hydrogen-bond acceptors (Lipinski definition) is 3. The van der Waals surface area contributed by atoms with Gasteiger partial charge in [0.2, 0.25) is 0 Å². The van der Waals surface area contributed by atoms with E-state index in [4.69, 9.17) is 5.73 Å². The Morgan fingerprint density at radius 2 is 2.57 bits per heavy atom. The summed E-state index contributed by atoms with van der Waals surface area (Å²) >= 11 is 0. The molecule has 1 saturated carbocycles. The lowest BCUT2D eigenvalue weighted by molar-refractivity contribution is 0.0933. The van der Waals surface area contributed by atoms with Crippen molar-refractivity contribution in [2.75, 3.05) is 6.54 Å². The number of hydrogen-bond donors (Lipinski definition) is 3. The molecule has 1 unspecified atom stereocenters. The second-order valence-electron chi connectivity index (χ2n) is 3.64. The zero-order valence-corrected chi connectivity index (χ0v) is 7.86. The number of carbonyl (C=O) groups excluding carboxylic acids is 1. The molecule has 1 heterocycles. The minimum absolute atomic E-state index is 0.0962. The summed E-state index contributed by atoms with van der Waals surface area (Å²) in [6.07, 6.45) is 5.44. The molecule has 1 atom stereocenters. The van der Waals surface area contributed by atoms with Gasteiger partial charge >= 0.3 is 0 Å². The monoisotopic (exact) mass is 194 g/mol. The molecule has 0 aliphatic heterocycles. The van der Waals surface area contributed by atoms with Crippen LogP contribution in [-0.4, -0.2) is 28.7 Å². The van der Waals surface area contributed by atoms with Gasteiger partial charge in [-0.05, 0) is 18.8 Å². The van der Waals surface area contributed by atoms with Crippen LogP contribution in [0.5, 0.6) is 0 Å². The van der Waals surface area contributed by atoms with E-state index in [1.807, 2.05) is 0 Å². The van der Waals surface area contributed by atoms with Gasteiger partial charge in [0, 0.05) is 18.8 Å². The van der Waals surface area contributed by atoms with Crippen LogP contribution in [0.1, 0.15) is 23.2 Å². The zero-order chi connectivity index (χ0) is 9.97. The standard InChI is InChI=1S/C9H14N4O/c10-3-8(6-1-2-6)13-9(14)7-4-11-12-5-7/h4-6,8H,1-3,10H2,(H,11,12)(H,13,14). The largest absolute Gasteiger partial charge is 0.348 e. The predicted octanol–water partition coefficient (Wildman–Crippen LogP) is -0.123. The maximum absolute atomic E-state index is 11.6. The first-order chi connectivity index (χ1) is 6.81. The molecule has 0 bridgehead atoms. The Morgan fingerprint density at radius 1 is 1.79 bits per heavy atom. The lowest BCUT2D eigenvalue weighted by atomic mass is 10.2. The lowest BCUT2D eigenvalue weighted by Crippen LogP contribution is -2.41. The normalized spacial score (nSPS) is 17.8. The van der Waals surface area contributed by atoms with Gasteiger partial charge in [-0.25, -0.2) is 0 Å². The van der Waals surface area contributed by atoms with Crippen LogP contribution in [0.3, 0.4) is 0 Å². The number of nitrogens with one attached hydrogen (secondary N) is 2. The molecule has 76 valence electrons. The maximum atomic E-state index is 11.6. The number of carbonyl (C=O) groups is 1. The number of aromatic amines is 1. The Balaban J connectivity index is 1.92. The summed E-state index contributed by atoms with van der Waals surface area (Å²) in [5.41, 5.74) is 6.14. The molecule has 5 heteroatoms. The van der Waals surface area contributed by atoms with Crippen LogP contribution < -0.4 is 11.1 Å². The Bertz CT molecular complexity index is 305. The van der Waals surface area contributed by atoms with Crippen LogP contribution in [0.2, 0.25) is 0 Å². The van der Waals surface area contributed by atoms with Gasteiger partial charge < -0.3 is 11.1 Å². The number of aromatic nitrogens is 2. The molecule has 0 saturated heterocycles. The topological polar surface area (TPSA) is 83.8 Å². The Hall–Kier alpha value is -1.36. The first kappa shape index (κ1) is 9.21. The number of nitrogens with zero attached hydrogens (tertiary/aromatic N) is 1. The van der Waals surface area contributed by atoms with Crippen LogP contribution >= 0.6 is 0 Å². The zero-order valence-electron chi connectivity index (χ0n) is 7.86. The highest BCUT2D eigenvalue weighted by atomic mass is 16.1. The number of amides is 1. The SMILES string of the molecule is NCC(NC(=O)c1cn[nH]c1)C1CC1. The van der Waals surface area contributed by atoms with Gasteiger partial charge in [-0.1, -0.05) is 0 Å². The summed E-state index contributed by atoms with van der Waals surface area (Å²) in [6.45, 7) is 0.508. The maximum Gasteiger partial charge on any atom is 0.254 e. The number of nitrogens with two attached hydrogens (primary N) is 1. The van der Waals surface area contributed by atoms with Crippen LogP contribution in [-0.2, 0) is 0 Å². The van der Waals surface area contributed by atoms with Crippen LogP contribution in [0.4, 0.5) is 0 Å². The van der Waals surface area contributed by atoms with Crippen LogP contribution in [0.25, 0.3) is 0 Å². The molecule has 2 rings (SSSR count). The van der Waals surface area contributed by atoms with E-state index in [9.17, 15) is 4.79 Å². The van der Waals surface area contributed by atoms with Gasteiger partial charge in [0.1, 0.15) is 0 Å². The van der Waals surface area contributed by atoms with Gasteiger partial charge in [-0.2, -0.15) is 5.10 Å². The molecular formula is C9H14N4O. The van der Waals surface area contributed by atoms with E-state index < -0.39 is 0 Å². The Labute approximate surface area is 82.1 Å². The highest BCUT2D eigenvalue weighted by molar-refractivity contribution is 5.93. The van der Waals surface area contributed by atoms with E-state index in [-0.39, 0.29) is 11.9 Å². The highest BCUT2D eigenvalue weighted by Crippen LogP contribution is 2.32. The van der Waals surface area contributed by atoms with Gasteiger partial charge in [-0.3, -0.25) is 9.89 Å². The van der Waals surface area contributed by atoms with Gasteiger partial charge in [-0.15, -0.1) is 0 Å². The second kappa shape index (κ2) is 3.79. The molecule has 4 N–H and O–H groups in total. The second-order valence-corrected chi connectivity index (χ2v) is 3.64. The van der Waals surface area contributed by atoms with Crippen molar-refractivity contribution in [2.45, 2.75) is 18.9 Å². The molecule has 0 aromatic carbocycles. The minimum Gasteiger partial charge on any atom is -0.348 e. The van der Waals surface area contributed by atoms with Crippen molar-refractivity contribution in [3.63, 3.8) is 0 Å². The summed E-state index contributed by atoms with van der Waals surface area (Å²) in [5.74, 6) is 0.483. The van der Waals surface area contributed by atoms with Crippen molar-refractivity contribution in [1.29, 1.82) is 0 Å². The quantitative estimate of drug-likeness (QED) is 0.624. The molecule has 1 aliphatic carbocycles. The van der Waals surface area contributed by atoms with Gasteiger partial charge in [0.25, 0.3) is 5.91 Å². The molecule has 1 amide bonds. The summed E-state index contributed by atoms with van der Waals surface area (Å²) in [6, 6.07) is 0.123. The van der Waals surface area contributed by atoms with Gasteiger partial charge in [0.05, 0.1) is 11.8 Å². The van der Waals surface area contributed by atoms with Crippen LogP contribution in [0, 0.1) is 5.92 Å². The fourth-order valence-corrected chi connectivity index (χ4v) is 1.49.